The van der Waals surface area contributed by atoms with E-state index in [9.17, 15) is 0 Å². The van der Waals surface area contributed by atoms with Crippen LogP contribution in [-0.4, -0.2) is 16.5 Å². The van der Waals surface area contributed by atoms with Gasteiger partial charge in [0.25, 0.3) is 0 Å². The van der Waals surface area contributed by atoms with Crippen molar-refractivity contribution < 1.29 is 0 Å². The molecule has 0 aliphatic rings. The fourth-order valence-electron chi connectivity index (χ4n) is 2.55. The summed E-state index contributed by atoms with van der Waals surface area (Å²) < 4.78 is 0. The molecular weight excluding hydrogens is 381 g/mol. The average molecular weight is 398 g/mol. The lowest BCUT2D eigenvalue weighted by Crippen LogP contribution is -2.08. The van der Waals surface area contributed by atoms with Crippen LogP contribution in [0.15, 0.2) is 48.5 Å². The maximum Gasteiger partial charge on any atom is 0.136 e. The third-order valence-electron chi connectivity index (χ3n) is 3.84. The lowest BCUT2D eigenvalue weighted by Gasteiger charge is -2.11. The number of aromatic nitrogens is 2. The molecule has 7 heteroatoms. The molecule has 136 valence electrons. The maximum atomic E-state index is 8.87. The van der Waals surface area contributed by atoms with Gasteiger partial charge >= 0.3 is 0 Å². The molecule has 0 spiro atoms. The van der Waals surface area contributed by atoms with Gasteiger partial charge in [0.1, 0.15) is 17.5 Å². The van der Waals surface area contributed by atoms with E-state index in [0.717, 1.165) is 23.5 Å². The van der Waals surface area contributed by atoms with Gasteiger partial charge in [-0.3, -0.25) is 0 Å². The van der Waals surface area contributed by atoms with Gasteiger partial charge in [0.15, 0.2) is 0 Å². The first-order valence-electron chi connectivity index (χ1n) is 8.34. The van der Waals surface area contributed by atoms with Crippen LogP contribution in [0.25, 0.3) is 0 Å². The molecule has 2 N–H and O–H groups in total. The van der Waals surface area contributed by atoms with Crippen LogP contribution in [0.3, 0.4) is 0 Å². The van der Waals surface area contributed by atoms with E-state index in [4.69, 9.17) is 28.5 Å². The number of benzene rings is 2. The maximum absolute atomic E-state index is 8.87. The van der Waals surface area contributed by atoms with Crippen molar-refractivity contribution in [3.8, 4) is 6.07 Å². The van der Waals surface area contributed by atoms with Crippen LogP contribution in [0.1, 0.15) is 17.0 Å². The van der Waals surface area contributed by atoms with E-state index in [1.807, 2.05) is 37.3 Å². The number of nitrogens with zero attached hydrogens (tertiary/aromatic N) is 3. The standard InChI is InChI=1S/C20H17Cl2N5/c1-13-25-19(24-9-8-15-4-5-16(21)10-18(15)22)11-20(26-13)27-17-6-2-14(12-23)3-7-17/h2-7,10-11H,8-9H2,1H3,(H2,24,25,26,27). The van der Waals surface area contributed by atoms with Crippen LogP contribution < -0.4 is 10.6 Å². The molecule has 0 fully saturated rings. The molecular formula is C20H17Cl2N5. The van der Waals surface area contributed by atoms with Crippen molar-refractivity contribution in [2.24, 2.45) is 0 Å². The Bertz CT molecular complexity index is 981. The fraction of sp³-hybridized carbons (Fsp3) is 0.150. The Morgan fingerprint density at radius 1 is 1.00 bits per heavy atom. The summed E-state index contributed by atoms with van der Waals surface area (Å²) >= 11 is 12.1. The smallest absolute Gasteiger partial charge is 0.136 e. The molecule has 0 atom stereocenters. The molecule has 5 nitrogen and oxygen atoms in total. The van der Waals surface area contributed by atoms with Crippen molar-refractivity contribution in [2.45, 2.75) is 13.3 Å². The zero-order chi connectivity index (χ0) is 19.2. The molecule has 3 rings (SSSR count). The van der Waals surface area contributed by atoms with Gasteiger partial charge in [-0.25, -0.2) is 9.97 Å². The van der Waals surface area contributed by atoms with Crippen LogP contribution >= 0.6 is 23.2 Å². The Kier molecular flexibility index (Phi) is 6.12. The van der Waals surface area contributed by atoms with Crippen LogP contribution in [0.2, 0.25) is 10.0 Å². The Labute approximate surface area is 168 Å². The lowest BCUT2D eigenvalue weighted by molar-refractivity contribution is 0.983. The van der Waals surface area contributed by atoms with Crippen molar-refractivity contribution in [2.75, 3.05) is 17.2 Å². The van der Waals surface area contributed by atoms with Gasteiger partial charge in [0.2, 0.25) is 0 Å². The Hall–Kier alpha value is -2.81. The SMILES string of the molecule is Cc1nc(NCCc2ccc(Cl)cc2Cl)cc(Nc2ccc(C#N)cc2)n1. The molecule has 0 radical (unpaired) electrons. The van der Waals surface area contributed by atoms with Crippen molar-refractivity contribution in [1.82, 2.24) is 9.97 Å². The Morgan fingerprint density at radius 2 is 1.74 bits per heavy atom. The molecule has 0 saturated heterocycles. The second-order valence-corrected chi connectivity index (χ2v) is 6.76. The molecule has 0 aliphatic heterocycles. The fourth-order valence-corrected chi connectivity index (χ4v) is 3.05. The van der Waals surface area contributed by atoms with E-state index >= 15 is 0 Å². The van der Waals surface area contributed by atoms with E-state index in [0.29, 0.717) is 33.8 Å². The summed E-state index contributed by atoms with van der Waals surface area (Å²) in [5.41, 5.74) is 2.49. The first-order valence-corrected chi connectivity index (χ1v) is 9.10. The average Bonchev–Trinajstić information content (AvgIpc) is 2.64. The minimum atomic E-state index is 0.614. The first kappa shape index (κ1) is 19.0. The molecule has 0 aliphatic carbocycles. The van der Waals surface area contributed by atoms with Crippen LogP contribution in [-0.2, 0) is 6.42 Å². The number of anilines is 3. The summed E-state index contributed by atoms with van der Waals surface area (Å²) in [6.45, 7) is 2.51. The number of nitriles is 1. The third-order valence-corrected chi connectivity index (χ3v) is 4.43. The number of rotatable bonds is 6. The van der Waals surface area contributed by atoms with Gasteiger partial charge in [-0.15, -0.1) is 0 Å². The van der Waals surface area contributed by atoms with E-state index in [1.165, 1.54) is 0 Å². The quantitative estimate of drug-likeness (QED) is 0.585. The van der Waals surface area contributed by atoms with Gasteiger partial charge in [-0.2, -0.15) is 5.26 Å². The molecule has 0 unspecified atom stereocenters. The summed E-state index contributed by atoms with van der Waals surface area (Å²) in [5.74, 6) is 2.06. The number of nitrogens with one attached hydrogen (secondary N) is 2. The van der Waals surface area contributed by atoms with E-state index in [-0.39, 0.29) is 0 Å². The van der Waals surface area contributed by atoms with Crippen molar-refractivity contribution in [3.63, 3.8) is 0 Å². The predicted molar refractivity (Wildman–Crippen MR) is 110 cm³/mol. The summed E-state index contributed by atoms with van der Waals surface area (Å²) in [5, 5.41) is 16.7. The number of hydrogen-bond acceptors (Lipinski definition) is 5. The molecule has 27 heavy (non-hydrogen) atoms. The number of hydrogen-bond donors (Lipinski definition) is 2. The summed E-state index contributed by atoms with van der Waals surface area (Å²) in [6.07, 6.45) is 0.747. The van der Waals surface area contributed by atoms with E-state index < -0.39 is 0 Å². The Balaban J connectivity index is 1.65. The van der Waals surface area contributed by atoms with E-state index in [2.05, 4.69) is 26.7 Å². The highest BCUT2D eigenvalue weighted by Gasteiger charge is 2.05. The topological polar surface area (TPSA) is 73.6 Å². The number of aryl methyl sites for hydroxylation is 1. The lowest BCUT2D eigenvalue weighted by atomic mass is 10.1. The molecule has 0 bridgehead atoms. The number of halogens is 2. The third kappa shape index (κ3) is 5.33. The molecule has 3 aromatic rings. The van der Waals surface area contributed by atoms with Gasteiger partial charge in [-0.1, -0.05) is 29.3 Å². The highest BCUT2D eigenvalue weighted by atomic mass is 35.5. The molecule has 0 amide bonds. The predicted octanol–water partition coefficient (Wildman–Crippen LogP) is 5.36. The van der Waals surface area contributed by atoms with Crippen LogP contribution in [0, 0.1) is 18.3 Å². The first-order chi connectivity index (χ1) is 13.0. The van der Waals surface area contributed by atoms with Gasteiger partial charge < -0.3 is 10.6 Å². The van der Waals surface area contributed by atoms with Gasteiger partial charge in [0.05, 0.1) is 11.6 Å². The molecule has 1 aromatic heterocycles. The molecule has 2 aromatic carbocycles. The second kappa shape index (κ2) is 8.72. The molecule has 0 saturated carbocycles. The van der Waals surface area contributed by atoms with Crippen LogP contribution in [0.5, 0.6) is 0 Å². The van der Waals surface area contributed by atoms with Crippen LogP contribution in [0.4, 0.5) is 17.3 Å². The zero-order valence-electron chi connectivity index (χ0n) is 14.6. The molecule has 1 heterocycles. The van der Waals surface area contributed by atoms with Crippen molar-refractivity contribution in [3.05, 3.63) is 75.5 Å². The summed E-state index contributed by atoms with van der Waals surface area (Å²) in [4.78, 5) is 8.81. The minimum absolute atomic E-state index is 0.614. The summed E-state index contributed by atoms with van der Waals surface area (Å²) in [6, 6.07) is 16.6. The van der Waals surface area contributed by atoms with Crippen molar-refractivity contribution >= 4 is 40.5 Å². The largest absolute Gasteiger partial charge is 0.370 e. The highest BCUT2D eigenvalue weighted by molar-refractivity contribution is 6.35. The van der Waals surface area contributed by atoms with E-state index in [1.54, 1.807) is 18.2 Å². The highest BCUT2D eigenvalue weighted by Crippen LogP contribution is 2.22. The van der Waals surface area contributed by atoms with Gasteiger partial charge in [0, 0.05) is 28.3 Å². The normalized spacial score (nSPS) is 10.3. The monoisotopic (exact) mass is 397 g/mol. The summed E-state index contributed by atoms with van der Waals surface area (Å²) in [7, 11) is 0. The van der Waals surface area contributed by atoms with Crippen molar-refractivity contribution in [1.29, 1.82) is 5.26 Å². The minimum Gasteiger partial charge on any atom is -0.370 e. The second-order valence-electron chi connectivity index (χ2n) is 5.91. The Morgan fingerprint density at radius 3 is 2.44 bits per heavy atom. The van der Waals surface area contributed by atoms with Gasteiger partial charge in [-0.05, 0) is 55.3 Å². The zero-order valence-corrected chi connectivity index (χ0v) is 16.1.